The molecular weight excluding hydrogens is 348 g/mol. The molecule has 0 heteroatoms. The normalized spacial score (nSPS) is 23.0. The van der Waals surface area contributed by atoms with E-state index in [9.17, 15) is 0 Å². The second-order valence-corrected chi connectivity index (χ2v) is 11.5. The van der Waals surface area contributed by atoms with Crippen molar-refractivity contribution in [1.29, 1.82) is 0 Å². The van der Waals surface area contributed by atoms with Gasteiger partial charge in [-0.25, -0.2) is 0 Å². The van der Waals surface area contributed by atoms with Crippen LogP contribution in [0.1, 0.15) is 122 Å². The first kappa shape index (κ1) is 29.0. The van der Waals surface area contributed by atoms with Crippen molar-refractivity contribution in [2.24, 2.45) is 65.1 Å². The summed E-state index contributed by atoms with van der Waals surface area (Å²) >= 11 is 0. The third-order valence-corrected chi connectivity index (χ3v) is 9.86. The minimum atomic E-state index is 0.783. The van der Waals surface area contributed by atoms with Crippen LogP contribution in [0.5, 0.6) is 0 Å². The predicted octanol–water partition coefficient (Wildman–Crippen LogP) is 9.97. The standard InChI is InChI=1S/C29H60/c1-14-17-28(22(8)20(6)16-3)26(12)27(13)29(18-15-2)25(11)24(10)23(9)21(7)19(4)5/h19-29H,14-18H2,1-13H3. The highest BCUT2D eigenvalue weighted by atomic mass is 14.4. The summed E-state index contributed by atoms with van der Waals surface area (Å²) in [5.74, 6) is 9.06. The molecule has 10 atom stereocenters. The average molecular weight is 409 g/mol. The summed E-state index contributed by atoms with van der Waals surface area (Å²) in [4.78, 5) is 0. The molecule has 29 heavy (non-hydrogen) atoms. The largest absolute Gasteiger partial charge is 0.0654 e. The van der Waals surface area contributed by atoms with Crippen LogP contribution in [-0.2, 0) is 0 Å². The maximum atomic E-state index is 2.61. The highest BCUT2D eigenvalue weighted by molar-refractivity contribution is 4.86. The second kappa shape index (κ2) is 14.1. The lowest BCUT2D eigenvalue weighted by Crippen LogP contribution is -2.37. The third-order valence-electron chi connectivity index (χ3n) is 9.86. The molecule has 0 aliphatic heterocycles. The Morgan fingerprint density at radius 2 is 0.759 bits per heavy atom. The highest BCUT2D eigenvalue weighted by Crippen LogP contribution is 2.44. The molecule has 0 saturated carbocycles. The van der Waals surface area contributed by atoms with Gasteiger partial charge in [0.25, 0.3) is 0 Å². The van der Waals surface area contributed by atoms with Crippen molar-refractivity contribution in [1.82, 2.24) is 0 Å². The topological polar surface area (TPSA) is 0 Å². The monoisotopic (exact) mass is 408 g/mol. The molecule has 0 amide bonds. The van der Waals surface area contributed by atoms with Crippen LogP contribution in [0.2, 0.25) is 0 Å². The zero-order valence-electron chi connectivity index (χ0n) is 22.9. The fraction of sp³-hybridized carbons (Fsp3) is 1.00. The van der Waals surface area contributed by atoms with Crippen LogP contribution in [0.4, 0.5) is 0 Å². The second-order valence-electron chi connectivity index (χ2n) is 11.5. The van der Waals surface area contributed by atoms with Gasteiger partial charge in [0.2, 0.25) is 0 Å². The third kappa shape index (κ3) is 8.22. The molecule has 0 radical (unpaired) electrons. The van der Waals surface area contributed by atoms with Gasteiger partial charge in [-0.3, -0.25) is 0 Å². The molecule has 0 rings (SSSR count). The van der Waals surface area contributed by atoms with Gasteiger partial charge in [-0.2, -0.15) is 0 Å². The quantitative estimate of drug-likeness (QED) is 0.253. The average Bonchev–Trinajstić information content (AvgIpc) is 2.71. The number of hydrogen-bond donors (Lipinski definition) is 0. The van der Waals surface area contributed by atoms with Gasteiger partial charge >= 0.3 is 0 Å². The Kier molecular flexibility index (Phi) is 14.1. The Hall–Kier alpha value is 0. The van der Waals surface area contributed by atoms with Crippen LogP contribution in [0.25, 0.3) is 0 Å². The predicted molar refractivity (Wildman–Crippen MR) is 135 cm³/mol. The number of hydrogen-bond acceptors (Lipinski definition) is 0. The molecular formula is C29H60. The molecule has 0 saturated heterocycles. The minimum Gasteiger partial charge on any atom is -0.0654 e. The smallest absolute Gasteiger partial charge is 0.0357 e. The fourth-order valence-electron chi connectivity index (χ4n) is 6.20. The molecule has 0 fully saturated rings. The molecule has 0 aromatic carbocycles. The first-order valence-corrected chi connectivity index (χ1v) is 13.5. The Balaban J connectivity index is 5.55. The Bertz CT molecular complexity index is 397. The van der Waals surface area contributed by atoms with E-state index < -0.39 is 0 Å². The van der Waals surface area contributed by atoms with Crippen LogP contribution in [0, 0.1) is 65.1 Å². The summed E-state index contributed by atoms with van der Waals surface area (Å²) < 4.78 is 0. The fourth-order valence-corrected chi connectivity index (χ4v) is 6.20. The van der Waals surface area contributed by atoms with E-state index in [0.29, 0.717) is 0 Å². The summed E-state index contributed by atoms with van der Waals surface area (Å²) in [5.41, 5.74) is 0. The maximum absolute atomic E-state index is 2.61. The Morgan fingerprint density at radius 1 is 0.414 bits per heavy atom. The van der Waals surface area contributed by atoms with Crippen molar-refractivity contribution >= 4 is 0 Å². The molecule has 0 nitrogen and oxygen atoms in total. The van der Waals surface area contributed by atoms with Gasteiger partial charge in [-0.1, -0.05) is 122 Å². The van der Waals surface area contributed by atoms with E-state index in [-0.39, 0.29) is 0 Å². The van der Waals surface area contributed by atoms with Crippen LogP contribution in [0.15, 0.2) is 0 Å². The molecule has 10 unspecified atom stereocenters. The first-order valence-electron chi connectivity index (χ1n) is 13.5. The first-order chi connectivity index (χ1) is 13.5. The van der Waals surface area contributed by atoms with Gasteiger partial charge in [0.05, 0.1) is 0 Å². The van der Waals surface area contributed by atoms with Crippen LogP contribution in [-0.4, -0.2) is 0 Å². The molecule has 0 aromatic rings. The Labute approximate surface area is 187 Å². The van der Waals surface area contributed by atoms with E-state index >= 15 is 0 Å². The molecule has 0 aliphatic carbocycles. The molecule has 176 valence electrons. The molecule has 0 bridgehead atoms. The summed E-state index contributed by atoms with van der Waals surface area (Å²) in [6, 6.07) is 0. The van der Waals surface area contributed by atoms with E-state index in [2.05, 4.69) is 90.0 Å². The zero-order chi connectivity index (χ0) is 22.9. The van der Waals surface area contributed by atoms with E-state index in [0.717, 1.165) is 65.1 Å². The van der Waals surface area contributed by atoms with Gasteiger partial charge < -0.3 is 0 Å². The summed E-state index contributed by atoms with van der Waals surface area (Å²) in [6.07, 6.45) is 6.78. The van der Waals surface area contributed by atoms with Crippen molar-refractivity contribution in [2.45, 2.75) is 122 Å². The summed E-state index contributed by atoms with van der Waals surface area (Å²) in [7, 11) is 0. The van der Waals surface area contributed by atoms with Crippen molar-refractivity contribution in [3.05, 3.63) is 0 Å². The van der Waals surface area contributed by atoms with E-state index in [1.54, 1.807) is 0 Å². The van der Waals surface area contributed by atoms with Crippen LogP contribution in [0.3, 0.4) is 0 Å². The van der Waals surface area contributed by atoms with Crippen molar-refractivity contribution in [3.8, 4) is 0 Å². The number of rotatable bonds is 15. The van der Waals surface area contributed by atoms with E-state index in [1.807, 2.05) is 0 Å². The van der Waals surface area contributed by atoms with Gasteiger partial charge in [0, 0.05) is 0 Å². The van der Waals surface area contributed by atoms with Gasteiger partial charge in [0.15, 0.2) is 0 Å². The van der Waals surface area contributed by atoms with Crippen molar-refractivity contribution in [2.75, 3.05) is 0 Å². The van der Waals surface area contributed by atoms with Gasteiger partial charge in [-0.05, 0) is 65.1 Å². The lowest BCUT2D eigenvalue weighted by molar-refractivity contribution is 0.0536. The van der Waals surface area contributed by atoms with Crippen LogP contribution < -0.4 is 0 Å². The van der Waals surface area contributed by atoms with Gasteiger partial charge in [0.1, 0.15) is 0 Å². The van der Waals surface area contributed by atoms with Crippen molar-refractivity contribution < 1.29 is 0 Å². The highest BCUT2D eigenvalue weighted by Gasteiger charge is 2.37. The lowest BCUT2D eigenvalue weighted by atomic mass is 9.62. The summed E-state index contributed by atoms with van der Waals surface area (Å²) in [6.45, 7) is 32.3. The molecule has 0 N–H and O–H groups in total. The summed E-state index contributed by atoms with van der Waals surface area (Å²) in [5, 5.41) is 0. The Morgan fingerprint density at radius 3 is 1.10 bits per heavy atom. The maximum Gasteiger partial charge on any atom is -0.0357 e. The zero-order valence-corrected chi connectivity index (χ0v) is 22.9. The molecule has 0 spiro atoms. The van der Waals surface area contributed by atoms with Crippen molar-refractivity contribution in [3.63, 3.8) is 0 Å². The molecule has 0 aliphatic rings. The minimum absolute atomic E-state index is 0.783. The van der Waals surface area contributed by atoms with Crippen LogP contribution >= 0.6 is 0 Å². The SMILES string of the molecule is CCCC(C(C)C(C)CC)C(C)C(C)C(CCC)C(C)C(C)C(C)C(C)C(C)C. The van der Waals surface area contributed by atoms with E-state index in [1.165, 1.54) is 32.1 Å². The van der Waals surface area contributed by atoms with Gasteiger partial charge in [-0.15, -0.1) is 0 Å². The van der Waals surface area contributed by atoms with E-state index in [4.69, 9.17) is 0 Å². The molecule has 0 heterocycles. The lowest BCUT2D eigenvalue weighted by Gasteiger charge is -2.43. The molecule has 0 aromatic heterocycles.